The molecule has 21 heavy (non-hydrogen) atoms. The Morgan fingerprint density at radius 2 is 1.71 bits per heavy atom. The molecule has 1 rings (SSSR count). The molecule has 1 amide bonds. The lowest BCUT2D eigenvalue weighted by atomic mass is 9.86. The van der Waals surface area contributed by atoms with Gasteiger partial charge in [-0.1, -0.05) is 52.0 Å². The number of hydrogen-bond acceptors (Lipinski definition) is 2. The highest BCUT2D eigenvalue weighted by atomic mass is 16.1. The third kappa shape index (κ3) is 7.28. The Bertz CT molecular complexity index is 418. The normalized spacial score (nSPS) is 11.4. The molecule has 0 aliphatic heterocycles. The zero-order valence-corrected chi connectivity index (χ0v) is 14.0. The second-order valence-corrected chi connectivity index (χ2v) is 6.55. The summed E-state index contributed by atoms with van der Waals surface area (Å²) in [5.74, 6) is 0.133. The fourth-order valence-electron chi connectivity index (χ4n) is 2.11. The van der Waals surface area contributed by atoms with Crippen LogP contribution in [-0.4, -0.2) is 25.5 Å². The molecule has 0 heterocycles. The number of rotatable bonds is 8. The van der Waals surface area contributed by atoms with Gasteiger partial charge in [0.1, 0.15) is 0 Å². The molecule has 3 heteroatoms. The van der Waals surface area contributed by atoms with Crippen molar-refractivity contribution in [2.24, 2.45) is 0 Å². The molecular formula is C18H30N2O. The van der Waals surface area contributed by atoms with Crippen molar-refractivity contribution < 1.29 is 4.79 Å². The molecule has 0 saturated heterocycles. The van der Waals surface area contributed by atoms with E-state index >= 15 is 0 Å². The molecular weight excluding hydrogens is 260 g/mol. The Hall–Kier alpha value is -1.35. The lowest BCUT2D eigenvalue weighted by Gasteiger charge is -2.19. The van der Waals surface area contributed by atoms with E-state index in [0.717, 1.165) is 25.9 Å². The fourth-order valence-corrected chi connectivity index (χ4v) is 2.11. The van der Waals surface area contributed by atoms with Crippen molar-refractivity contribution in [3.63, 3.8) is 0 Å². The maximum Gasteiger partial charge on any atom is 0.220 e. The van der Waals surface area contributed by atoms with Crippen molar-refractivity contribution >= 4 is 5.91 Å². The molecule has 0 bridgehead atoms. The first-order valence-corrected chi connectivity index (χ1v) is 8.00. The van der Waals surface area contributed by atoms with Crippen LogP contribution in [0, 0.1) is 0 Å². The number of carbonyl (C=O) groups excluding carboxylic acids is 1. The molecule has 1 aromatic carbocycles. The van der Waals surface area contributed by atoms with Crippen LogP contribution in [0.2, 0.25) is 0 Å². The van der Waals surface area contributed by atoms with E-state index in [1.807, 2.05) is 0 Å². The number of amides is 1. The standard InChI is InChI=1S/C18H30N2O/c1-5-12-19-13-14-20-17(21)11-8-15-6-9-16(10-7-15)18(2,3)4/h6-7,9-10,19H,5,8,11-14H2,1-4H3,(H,20,21). The summed E-state index contributed by atoms with van der Waals surface area (Å²) < 4.78 is 0. The Labute approximate surface area is 129 Å². The number of carbonyl (C=O) groups is 1. The molecule has 1 aromatic rings. The zero-order chi connectivity index (χ0) is 15.7. The van der Waals surface area contributed by atoms with Gasteiger partial charge in [0.05, 0.1) is 0 Å². The van der Waals surface area contributed by atoms with Crippen molar-refractivity contribution in [2.45, 2.75) is 52.4 Å². The van der Waals surface area contributed by atoms with E-state index < -0.39 is 0 Å². The Morgan fingerprint density at radius 3 is 2.29 bits per heavy atom. The van der Waals surface area contributed by atoms with Gasteiger partial charge >= 0.3 is 0 Å². The number of hydrogen-bond donors (Lipinski definition) is 2. The molecule has 0 atom stereocenters. The van der Waals surface area contributed by atoms with Crippen LogP contribution in [0.1, 0.15) is 51.7 Å². The summed E-state index contributed by atoms with van der Waals surface area (Å²) in [4.78, 5) is 11.7. The molecule has 118 valence electrons. The van der Waals surface area contributed by atoms with Crippen LogP contribution >= 0.6 is 0 Å². The van der Waals surface area contributed by atoms with E-state index in [2.05, 4.69) is 62.6 Å². The van der Waals surface area contributed by atoms with Gasteiger partial charge < -0.3 is 10.6 Å². The SMILES string of the molecule is CCCNCCNC(=O)CCc1ccc(C(C)(C)C)cc1. The third-order valence-electron chi connectivity index (χ3n) is 3.51. The van der Waals surface area contributed by atoms with E-state index in [0.29, 0.717) is 13.0 Å². The highest BCUT2D eigenvalue weighted by Gasteiger charge is 2.12. The Morgan fingerprint density at radius 1 is 1.05 bits per heavy atom. The van der Waals surface area contributed by atoms with Gasteiger partial charge in [0.2, 0.25) is 5.91 Å². The first kappa shape index (κ1) is 17.7. The molecule has 0 fully saturated rings. The number of aryl methyl sites for hydroxylation is 1. The average molecular weight is 290 g/mol. The number of nitrogens with one attached hydrogen (secondary N) is 2. The predicted octanol–water partition coefficient (Wildman–Crippen LogP) is 3.03. The van der Waals surface area contributed by atoms with Gasteiger partial charge in [0, 0.05) is 19.5 Å². The summed E-state index contributed by atoms with van der Waals surface area (Å²) in [6.45, 7) is 11.3. The second-order valence-electron chi connectivity index (χ2n) is 6.55. The molecule has 0 spiro atoms. The smallest absolute Gasteiger partial charge is 0.220 e. The Kier molecular flexibility index (Phi) is 7.44. The zero-order valence-electron chi connectivity index (χ0n) is 14.0. The van der Waals surface area contributed by atoms with Gasteiger partial charge in [0.25, 0.3) is 0 Å². The molecule has 3 nitrogen and oxygen atoms in total. The summed E-state index contributed by atoms with van der Waals surface area (Å²) in [6.07, 6.45) is 2.49. The Balaban J connectivity index is 2.27. The van der Waals surface area contributed by atoms with E-state index in [4.69, 9.17) is 0 Å². The lowest BCUT2D eigenvalue weighted by Crippen LogP contribution is -2.32. The molecule has 0 aliphatic carbocycles. The summed E-state index contributed by atoms with van der Waals surface area (Å²) in [5, 5.41) is 6.22. The topological polar surface area (TPSA) is 41.1 Å². The van der Waals surface area contributed by atoms with Crippen LogP contribution in [0.5, 0.6) is 0 Å². The molecule has 0 aliphatic rings. The number of benzene rings is 1. The summed E-state index contributed by atoms with van der Waals surface area (Å²) in [5.41, 5.74) is 2.74. The van der Waals surface area contributed by atoms with E-state index in [1.54, 1.807) is 0 Å². The van der Waals surface area contributed by atoms with E-state index in [-0.39, 0.29) is 11.3 Å². The van der Waals surface area contributed by atoms with Gasteiger partial charge in [0.15, 0.2) is 0 Å². The summed E-state index contributed by atoms with van der Waals surface area (Å²) >= 11 is 0. The minimum Gasteiger partial charge on any atom is -0.355 e. The minimum absolute atomic E-state index is 0.133. The first-order valence-electron chi connectivity index (χ1n) is 8.00. The van der Waals surface area contributed by atoms with Crippen molar-refractivity contribution in [1.82, 2.24) is 10.6 Å². The van der Waals surface area contributed by atoms with Gasteiger partial charge in [-0.2, -0.15) is 0 Å². The molecule has 0 radical (unpaired) electrons. The quantitative estimate of drug-likeness (QED) is 0.723. The van der Waals surface area contributed by atoms with Crippen molar-refractivity contribution in [2.75, 3.05) is 19.6 Å². The monoisotopic (exact) mass is 290 g/mol. The van der Waals surface area contributed by atoms with Gasteiger partial charge in [-0.3, -0.25) is 4.79 Å². The van der Waals surface area contributed by atoms with Crippen LogP contribution in [-0.2, 0) is 16.6 Å². The van der Waals surface area contributed by atoms with Gasteiger partial charge in [-0.05, 0) is 35.9 Å². The second kappa shape index (κ2) is 8.83. The largest absolute Gasteiger partial charge is 0.355 e. The first-order chi connectivity index (χ1) is 9.93. The van der Waals surface area contributed by atoms with Gasteiger partial charge in [-0.15, -0.1) is 0 Å². The van der Waals surface area contributed by atoms with Crippen molar-refractivity contribution in [3.8, 4) is 0 Å². The molecule has 2 N–H and O–H groups in total. The van der Waals surface area contributed by atoms with E-state index in [1.165, 1.54) is 11.1 Å². The van der Waals surface area contributed by atoms with Crippen LogP contribution < -0.4 is 10.6 Å². The third-order valence-corrected chi connectivity index (χ3v) is 3.51. The van der Waals surface area contributed by atoms with Crippen LogP contribution in [0.15, 0.2) is 24.3 Å². The predicted molar refractivity (Wildman–Crippen MR) is 89.6 cm³/mol. The van der Waals surface area contributed by atoms with Crippen molar-refractivity contribution in [1.29, 1.82) is 0 Å². The lowest BCUT2D eigenvalue weighted by molar-refractivity contribution is -0.121. The van der Waals surface area contributed by atoms with Crippen LogP contribution in [0.4, 0.5) is 0 Å². The minimum atomic E-state index is 0.133. The molecule has 0 saturated carbocycles. The van der Waals surface area contributed by atoms with Crippen LogP contribution in [0.25, 0.3) is 0 Å². The average Bonchev–Trinajstić information content (AvgIpc) is 2.44. The molecule has 0 unspecified atom stereocenters. The highest BCUT2D eigenvalue weighted by Crippen LogP contribution is 2.22. The van der Waals surface area contributed by atoms with Crippen molar-refractivity contribution in [3.05, 3.63) is 35.4 Å². The molecule has 0 aromatic heterocycles. The fraction of sp³-hybridized carbons (Fsp3) is 0.611. The van der Waals surface area contributed by atoms with Gasteiger partial charge in [-0.25, -0.2) is 0 Å². The highest BCUT2D eigenvalue weighted by molar-refractivity contribution is 5.76. The summed E-state index contributed by atoms with van der Waals surface area (Å²) in [6, 6.07) is 8.61. The summed E-state index contributed by atoms with van der Waals surface area (Å²) in [7, 11) is 0. The van der Waals surface area contributed by atoms with E-state index in [9.17, 15) is 4.79 Å². The maximum atomic E-state index is 11.7. The van der Waals surface area contributed by atoms with Crippen LogP contribution in [0.3, 0.4) is 0 Å². The maximum absolute atomic E-state index is 11.7.